The van der Waals surface area contributed by atoms with Crippen molar-refractivity contribution >= 4 is 0 Å². The van der Waals surface area contributed by atoms with Gasteiger partial charge >= 0.3 is 0 Å². The van der Waals surface area contributed by atoms with Gasteiger partial charge in [0.15, 0.2) is 0 Å². The van der Waals surface area contributed by atoms with Crippen LogP contribution in [0, 0.1) is 11.8 Å². The normalized spacial score (nSPS) is 24.5. The summed E-state index contributed by atoms with van der Waals surface area (Å²) in [5.74, 6) is 1.85. The molecule has 1 heterocycles. The Bertz CT molecular complexity index is 363. The third-order valence-corrected chi connectivity index (χ3v) is 4.93. The molecular formula is C18H30N2. The fourth-order valence-corrected chi connectivity index (χ4v) is 3.71. The van der Waals surface area contributed by atoms with Crippen molar-refractivity contribution in [2.75, 3.05) is 6.54 Å². The summed E-state index contributed by atoms with van der Waals surface area (Å²) in [7, 11) is 0. The van der Waals surface area contributed by atoms with Gasteiger partial charge in [-0.1, -0.05) is 33.1 Å². The maximum Gasteiger partial charge on any atom is 0.0270 e. The van der Waals surface area contributed by atoms with Crippen molar-refractivity contribution in [1.82, 2.24) is 10.3 Å². The van der Waals surface area contributed by atoms with Gasteiger partial charge in [-0.05, 0) is 61.8 Å². The van der Waals surface area contributed by atoms with Crippen LogP contribution in [0.3, 0.4) is 0 Å². The summed E-state index contributed by atoms with van der Waals surface area (Å²) in [5.41, 5.74) is 1.42. The van der Waals surface area contributed by atoms with Crippen molar-refractivity contribution in [2.45, 2.75) is 64.8 Å². The first-order valence-electron chi connectivity index (χ1n) is 8.45. The highest BCUT2D eigenvalue weighted by Gasteiger charge is 2.26. The molecule has 112 valence electrons. The lowest BCUT2D eigenvalue weighted by Crippen LogP contribution is -2.39. The molecule has 0 aromatic carbocycles. The zero-order valence-electron chi connectivity index (χ0n) is 13.1. The molecule has 2 heteroatoms. The van der Waals surface area contributed by atoms with Crippen LogP contribution in [0.25, 0.3) is 0 Å². The van der Waals surface area contributed by atoms with Crippen molar-refractivity contribution in [2.24, 2.45) is 11.8 Å². The number of rotatable bonds is 7. The first-order valence-corrected chi connectivity index (χ1v) is 8.45. The predicted octanol–water partition coefficient (Wildman–Crippen LogP) is 4.21. The summed E-state index contributed by atoms with van der Waals surface area (Å²) in [6, 6.07) is 5.00. The molecule has 1 aliphatic carbocycles. The van der Waals surface area contributed by atoms with Gasteiger partial charge in [0.05, 0.1) is 0 Å². The van der Waals surface area contributed by atoms with Gasteiger partial charge in [-0.25, -0.2) is 0 Å². The van der Waals surface area contributed by atoms with Crippen LogP contribution >= 0.6 is 0 Å². The molecule has 3 unspecified atom stereocenters. The van der Waals surface area contributed by atoms with E-state index < -0.39 is 0 Å². The largest absolute Gasteiger partial charge is 0.314 e. The first kappa shape index (κ1) is 15.5. The van der Waals surface area contributed by atoms with E-state index in [0.29, 0.717) is 6.04 Å². The van der Waals surface area contributed by atoms with Gasteiger partial charge < -0.3 is 5.32 Å². The molecule has 20 heavy (non-hydrogen) atoms. The van der Waals surface area contributed by atoms with Crippen molar-refractivity contribution in [3.63, 3.8) is 0 Å². The van der Waals surface area contributed by atoms with Gasteiger partial charge in [0.2, 0.25) is 0 Å². The average molecular weight is 274 g/mol. The molecule has 1 N–H and O–H groups in total. The Morgan fingerprint density at radius 1 is 1.25 bits per heavy atom. The number of aromatic nitrogens is 1. The molecular weight excluding hydrogens is 244 g/mol. The van der Waals surface area contributed by atoms with Crippen LogP contribution in [0.15, 0.2) is 24.5 Å². The number of aryl methyl sites for hydroxylation is 1. The van der Waals surface area contributed by atoms with E-state index in [-0.39, 0.29) is 0 Å². The Morgan fingerprint density at radius 2 is 2.05 bits per heavy atom. The summed E-state index contributed by atoms with van der Waals surface area (Å²) >= 11 is 0. The number of hydrogen-bond donors (Lipinski definition) is 1. The van der Waals surface area contributed by atoms with E-state index in [1.807, 2.05) is 12.4 Å². The third-order valence-electron chi connectivity index (χ3n) is 4.93. The molecule has 2 rings (SSSR count). The van der Waals surface area contributed by atoms with Gasteiger partial charge in [0.1, 0.15) is 0 Å². The topological polar surface area (TPSA) is 24.9 Å². The minimum atomic E-state index is 0.697. The Labute approximate surface area is 124 Å². The fraction of sp³-hybridized carbons (Fsp3) is 0.722. The van der Waals surface area contributed by atoms with Gasteiger partial charge in [-0.3, -0.25) is 4.98 Å². The molecule has 3 atom stereocenters. The van der Waals surface area contributed by atoms with Gasteiger partial charge in [0.25, 0.3) is 0 Å². The monoisotopic (exact) mass is 274 g/mol. The highest BCUT2D eigenvalue weighted by atomic mass is 14.9. The molecule has 0 radical (unpaired) electrons. The smallest absolute Gasteiger partial charge is 0.0270 e. The zero-order valence-corrected chi connectivity index (χ0v) is 13.1. The van der Waals surface area contributed by atoms with Crippen LogP contribution in [-0.2, 0) is 6.42 Å². The quantitative estimate of drug-likeness (QED) is 0.805. The minimum absolute atomic E-state index is 0.697. The summed E-state index contributed by atoms with van der Waals surface area (Å²) < 4.78 is 0. The predicted molar refractivity (Wildman–Crippen MR) is 85.8 cm³/mol. The lowest BCUT2D eigenvalue weighted by Gasteiger charge is -2.35. The van der Waals surface area contributed by atoms with Gasteiger partial charge in [-0.15, -0.1) is 0 Å². The molecule has 2 nitrogen and oxygen atoms in total. The molecule has 0 amide bonds. The van der Waals surface area contributed by atoms with Crippen LogP contribution in [0.1, 0.15) is 57.9 Å². The molecule has 1 saturated carbocycles. The van der Waals surface area contributed by atoms with Gasteiger partial charge in [0, 0.05) is 18.4 Å². The molecule has 0 saturated heterocycles. The van der Waals surface area contributed by atoms with Crippen molar-refractivity contribution in [3.8, 4) is 0 Å². The van der Waals surface area contributed by atoms with Crippen molar-refractivity contribution < 1.29 is 0 Å². The SMILES string of the molecule is CCNC(CCc1ccncc1)C1CCCC(CC)C1. The van der Waals surface area contributed by atoms with E-state index in [0.717, 1.165) is 18.4 Å². The van der Waals surface area contributed by atoms with E-state index in [1.54, 1.807) is 0 Å². The molecule has 0 aliphatic heterocycles. The van der Waals surface area contributed by atoms with Crippen LogP contribution in [-0.4, -0.2) is 17.6 Å². The lowest BCUT2D eigenvalue weighted by atomic mass is 9.75. The minimum Gasteiger partial charge on any atom is -0.314 e. The van der Waals surface area contributed by atoms with Crippen LogP contribution in [0.4, 0.5) is 0 Å². The Kier molecular flexibility index (Phi) is 6.52. The van der Waals surface area contributed by atoms with Crippen LogP contribution < -0.4 is 5.32 Å². The Balaban J connectivity index is 1.89. The first-order chi connectivity index (χ1) is 9.83. The zero-order chi connectivity index (χ0) is 14.2. The molecule has 1 aliphatic rings. The Morgan fingerprint density at radius 3 is 2.75 bits per heavy atom. The molecule has 1 aromatic rings. The number of hydrogen-bond acceptors (Lipinski definition) is 2. The molecule has 1 aromatic heterocycles. The third kappa shape index (κ3) is 4.59. The number of pyridine rings is 1. The second-order valence-corrected chi connectivity index (χ2v) is 6.26. The van der Waals surface area contributed by atoms with E-state index in [1.165, 1.54) is 50.5 Å². The van der Waals surface area contributed by atoms with Gasteiger partial charge in [-0.2, -0.15) is 0 Å². The summed E-state index contributed by atoms with van der Waals surface area (Å²) in [6.45, 7) is 5.68. The second-order valence-electron chi connectivity index (χ2n) is 6.26. The van der Waals surface area contributed by atoms with E-state index >= 15 is 0 Å². The standard InChI is InChI=1S/C18H30N2/c1-3-15-6-5-7-17(14-15)18(20-4-2)9-8-16-10-12-19-13-11-16/h10-13,15,17-18,20H,3-9,14H2,1-2H3. The van der Waals surface area contributed by atoms with Crippen LogP contribution in [0.5, 0.6) is 0 Å². The highest BCUT2D eigenvalue weighted by molar-refractivity contribution is 5.10. The van der Waals surface area contributed by atoms with Crippen molar-refractivity contribution in [1.29, 1.82) is 0 Å². The Hall–Kier alpha value is -0.890. The molecule has 1 fully saturated rings. The summed E-state index contributed by atoms with van der Waals surface area (Å²) in [4.78, 5) is 4.10. The summed E-state index contributed by atoms with van der Waals surface area (Å²) in [6.07, 6.45) is 13.4. The average Bonchev–Trinajstić information content (AvgIpc) is 2.52. The van der Waals surface area contributed by atoms with Crippen LogP contribution in [0.2, 0.25) is 0 Å². The number of nitrogens with one attached hydrogen (secondary N) is 1. The highest BCUT2D eigenvalue weighted by Crippen LogP contribution is 2.34. The fourth-order valence-electron chi connectivity index (χ4n) is 3.71. The maximum atomic E-state index is 4.10. The molecule has 0 bridgehead atoms. The van der Waals surface area contributed by atoms with E-state index in [4.69, 9.17) is 0 Å². The lowest BCUT2D eigenvalue weighted by molar-refractivity contribution is 0.203. The van der Waals surface area contributed by atoms with E-state index in [2.05, 4.69) is 36.3 Å². The maximum absolute atomic E-state index is 4.10. The number of nitrogens with zero attached hydrogens (tertiary/aromatic N) is 1. The second kappa shape index (κ2) is 8.41. The summed E-state index contributed by atoms with van der Waals surface area (Å²) in [5, 5.41) is 3.75. The van der Waals surface area contributed by atoms with E-state index in [9.17, 15) is 0 Å². The van der Waals surface area contributed by atoms with Crippen molar-refractivity contribution in [3.05, 3.63) is 30.1 Å². The molecule has 0 spiro atoms.